The summed E-state index contributed by atoms with van der Waals surface area (Å²) < 4.78 is 0. The number of hydrogen-bond acceptors (Lipinski definition) is 2. The fourth-order valence-corrected chi connectivity index (χ4v) is 7.36. The first-order chi connectivity index (χ1) is 13.0. The average Bonchev–Trinajstić information content (AvgIpc) is 2.95. The first-order valence-electron chi connectivity index (χ1n) is 11.0. The maximum atomic E-state index is 12.8. The molecule has 3 heteroatoms. The van der Waals surface area contributed by atoms with Crippen LogP contribution in [-0.4, -0.2) is 27.9 Å². The Morgan fingerprint density at radius 3 is 2.85 bits per heavy atom. The van der Waals surface area contributed by atoms with Gasteiger partial charge in [-0.25, -0.2) is 0 Å². The molecule has 1 amide bonds. The number of carbonyl (C=O) groups is 1. The van der Waals surface area contributed by atoms with Crippen molar-refractivity contribution >= 4 is 11.5 Å². The molecule has 0 radical (unpaired) electrons. The molecule has 0 spiro atoms. The van der Waals surface area contributed by atoms with E-state index in [1.165, 1.54) is 49.7 Å². The van der Waals surface area contributed by atoms with E-state index in [1.54, 1.807) is 0 Å². The zero-order valence-corrected chi connectivity index (χ0v) is 16.8. The smallest absolute Gasteiger partial charge is 0.223 e. The van der Waals surface area contributed by atoms with Gasteiger partial charge in [0.05, 0.1) is 0 Å². The van der Waals surface area contributed by atoms with Crippen LogP contribution < -0.4 is 0 Å². The maximum absolute atomic E-state index is 12.8. The van der Waals surface area contributed by atoms with Crippen molar-refractivity contribution in [3.63, 3.8) is 0 Å². The molecule has 0 bridgehead atoms. The largest absolute Gasteiger partial charge is 0.337 e. The van der Waals surface area contributed by atoms with E-state index in [0.29, 0.717) is 11.8 Å². The summed E-state index contributed by atoms with van der Waals surface area (Å²) in [6, 6.07) is 4.29. The lowest BCUT2D eigenvalue weighted by Crippen LogP contribution is -2.62. The van der Waals surface area contributed by atoms with Crippen molar-refractivity contribution in [1.29, 1.82) is 0 Å². The van der Waals surface area contributed by atoms with E-state index < -0.39 is 0 Å². The second kappa shape index (κ2) is 6.18. The summed E-state index contributed by atoms with van der Waals surface area (Å²) in [5.74, 6) is 2.57. The number of aromatic nitrogens is 1. The Labute approximate surface area is 163 Å². The van der Waals surface area contributed by atoms with Gasteiger partial charge in [0.25, 0.3) is 0 Å². The molecule has 2 saturated heterocycles. The third kappa shape index (κ3) is 2.46. The second-order valence-corrected chi connectivity index (χ2v) is 9.83. The minimum absolute atomic E-state index is 0.0921. The molecule has 144 valence electrons. The minimum atomic E-state index is 0.0921. The molecule has 0 aromatic carbocycles. The molecular formula is C24H32N2O. The molecule has 0 N–H and O–H groups in total. The molecule has 3 nitrogen and oxygen atoms in total. The first-order valence-corrected chi connectivity index (χ1v) is 11.0. The lowest BCUT2D eigenvalue weighted by atomic mass is 9.52. The second-order valence-electron chi connectivity index (χ2n) is 9.83. The van der Waals surface area contributed by atoms with Crippen molar-refractivity contribution in [2.75, 3.05) is 6.54 Å². The number of amides is 1. The molecule has 5 rings (SSSR count). The summed E-state index contributed by atoms with van der Waals surface area (Å²) in [5.41, 5.74) is 3.21. The lowest BCUT2D eigenvalue weighted by Gasteiger charge is -2.59. The third-order valence-corrected chi connectivity index (χ3v) is 8.72. The highest BCUT2D eigenvalue weighted by atomic mass is 16.2. The Balaban J connectivity index is 1.47. The summed E-state index contributed by atoms with van der Waals surface area (Å²) in [6.07, 6.45) is 15.6. The van der Waals surface area contributed by atoms with Crippen LogP contribution >= 0.6 is 0 Å². The Hall–Kier alpha value is -1.64. The molecule has 3 unspecified atom stereocenters. The molecule has 2 aliphatic heterocycles. The highest BCUT2D eigenvalue weighted by Gasteiger charge is 2.58. The molecule has 5 atom stereocenters. The molecular weight excluding hydrogens is 332 g/mol. The zero-order chi connectivity index (χ0) is 18.6. The summed E-state index contributed by atoms with van der Waals surface area (Å²) in [5, 5.41) is 0. The summed E-state index contributed by atoms with van der Waals surface area (Å²) in [6.45, 7) is 5.90. The topological polar surface area (TPSA) is 33.2 Å². The van der Waals surface area contributed by atoms with Crippen LogP contribution in [0, 0.1) is 23.2 Å². The number of hydrogen-bond donors (Lipinski definition) is 0. The molecule has 4 aliphatic rings. The van der Waals surface area contributed by atoms with Crippen molar-refractivity contribution in [3.8, 4) is 0 Å². The molecule has 3 fully saturated rings. The molecule has 27 heavy (non-hydrogen) atoms. The van der Waals surface area contributed by atoms with Gasteiger partial charge in [0, 0.05) is 30.9 Å². The van der Waals surface area contributed by atoms with Crippen LogP contribution in [0.2, 0.25) is 0 Å². The van der Waals surface area contributed by atoms with Gasteiger partial charge < -0.3 is 4.90 Å². The number of carbonyl (C=O) groups excluding carboxylic acids is 1. The lowest BCUT2D eigenvalue weighted by molar-refractivity contribution is -0.150. The van der Waals surface area contributed by atoms with E-state index in [0.717, 1.165) is 31.2 Å². The van der Waals surface area contributed by atoms with Gasteiger partial charge in [0.15, 0.2) is 0 Å². The zero-order valence-electron chi connectivity index (χ0n) is 16.8. The first kappa shape index (κ1) is 17.5. The number of piperidine rings is 1. The van der Waals surface area contributed by atoms with Crippen LogP contribution in [0.15, 0.2) is 30.6 Å². The van der Waals surface area contributed by atoms with Gasteiger partial charge in [0.1, 0.15) is 0 Å². The Bertz CT molecular complexity index is 772. The van der Waals surface area contributed by atoms with Gasteiger partial charge in [-0.05, 0) is 85.8 Å². The van der Waals surface area contributed by atoms with Gasteiger partial charge in [0.2, 0.25) is 5.91 Å². The van der Waals surface area contributed by atoms with E-state index in [2.05, 4.69) is 41.9 Å². The van der Waals surface area contributed by atoms with Gasteiger partial charge >= 0.3 is 0 Å². The monoisotopic (exact) mass is 364 g/mol. The van der Waals surface area contributed by atoms with Gasteiger partial charge in [-0.1, -0.05) is 25.5 Å². The van der Waals surface area contributed by atoms with E-state index >= 15 is 0 Å². The summed E-state index contributed by atoms with van der Waals surface area (Å²) >= 11 is 0. The number of allylic oxidation sites excluding steroid dienone is 2. The number of nitrogens with zero attached hydrogens (tertiary/aromatic N) is 2. The average molecular weight is 365 g/mol. The van der Waals surface area contributed by atoms with E-state index in [-0.39, 0.29) is 11.0 Å². The number of rotatable bonds is 1. The van der Waals surface area contributed by atoms with Crippen LogP contribution in [0.25, 0.3) is 5.57 Å². The quantitative estimate of drug-likeness (QED) is 0.696. The van der Waals surface area contributed by atoms with Crippen molar-refractivity contribution in [2.24, 2.45) is 23.2 Å². The molecule has 3 heterocycles. The van der Waals surface area contributed by atoms with Crippen LogP contribution in [0.4, 0.5) is 0 Å². The van der Waals surface area contributed by atoms with Crippen molar-refractivity contribution in [2.45, 2.75) is 70.8 Å². The Morgan fingerprint density at radius 1 is 1.15 bits per heavy atom. The van der Waals surface area contributed by atoms with E-state index in [1.807, 2.05) is 12.4 Å². The molecule has 1 saturated carbocycles. The number of pyridine rings is 1. The van der Waals surface area contributed by atoms with Gasteiger partial charge in [-0.15, -0.1) is 0 Å². The van der Waals surface area contributed by atoms with Gasteiger partial charge in [-0.2, -0.15) is 0 Å². The van der Waals surface area contributed by atoms with Crippen LogP contribution in [-0.2, 0) is 4.79 Å². The molecule has 1 aromatic rings. The summed E-state index contributed by atoms with van der Waals surface area (Å²) in [7, 11) is 0. The van der Waals surface area contributed by atoms with Crippen molar-refractivity contribution in [1.82, 2.24) is 9.88 Å². The predicted octanol–water partition coefficient (Wildman–Crippen LogP) is 5.08. The van der Waals surface area contributed by atoms with Crippen molar-refractivity contribution < 1.29 is 4.79 Å². The van der Waals surface area contributed by atoms with Crippen molar-refractivity contribution in [3.05, 3.63) is 36.2 Å². The Kier molecular flexibility index (Phi) is 4.00. The highest BCUT2D eigenvalue weighted by molar-refractivity contribution is 5.77. The van der Waals surface area contributed by atoms with E-state index in [9.17, 15) is 4.79 Å². The Morgan fingerprint density at radius 2 is 2.04 bits per heavy atom. The standard InChI is InChI=1S/C24H32N2O/c1-23-13-10-21-18(11-15-26-22(27)7-3-4-12-24(21,26)2)20(23)9-8-19(23)17-6-5-14-25-16-17/h5-6,8,14,16,18,20-21H,3-4,7,9-13,15H2,1-2H3/t18?,20?,21?,23-,24-/m1/s1. The predicted molar refractivity (Wildman–Crippen MR) is 108 cm³/mol. The third-order valence-electron chi connectivity index (χ3n) is 8.72. The summed E-state index contributed by atoms with van der Waals surface area (Å²) in [4.78, 5) is 19.4. The minimum Gasteiger partial charge on any atom is -0.337 e. The molecule has 1 aromatic heterocycles. The SMILES string of the molecule is C[C@]12CCC3C(CCN4C(=O)CCCC[C@]34C)C1CC=C2c1cccnc1. The molecule has 2 aliphatic carbocycles. The van der Waals surface area contributed by atoms with Crippen LogP contribution in [0.3, 0.4) is 0 Å². The van der Waals surface area contributed by atoms with Crippen LogP contribution in [0.1, 0.15) is 70.8 Å². The number of fused-ring (bicyclic) bond motifs is 5. The normalized spacial score (nSPS) is 41.3. The highest BCUT2D eigenvalue weighted by Crippen LogP contribution is 2.63. The van der Waals surface area contributed by atoms with Crippen LogP contribution in [0.5, 0.6) is 0 Å². The fraction of sp³-hybridized carbons (Fsp3) is 0.667. The van der Waals surface area contributed by atoms with Gasteiger partial charge in [-0.3, -0.25) is 9.78 Å². The fourth-order valence-electron chi connectivity index (χ4n) is 7.36. The van der Waals surface area contributed by atoms with E-state index in [4.69, 9.17) is 0 Å². The maximum Gasteiger partial charge on any atom is 0.223 e.